The maximum absolute atomic E-state index is 11.1. The van der Waals surface area contributed by atoms with Crippen molar-refractivity contribution in [2.75, 3.05) is 0 Å². The second-order valence-corrected chi connectivity index (χ2v) is 5.00. The predicted octanol–water partition coefficient (Wildman–Crippen LogP) is 2.67. The first-order valence-electron chi connectivity index (χ1n) is 5.62. The molecular formula is C12H18N2O. The Bertz CT molecular complexity index is 361. The third kappa shape index (κ3) is 2.28. The Kier molecular flexibility index (Phi) is 2.63. The highest BCUT2D eigenvalue weighted by atomic mass is 16.1. The van der Waals surface area contributed by atoms with Crippen molar-refractivity contribution < 1.29 is 4.79 Å². The monoisotopic (exact) mass is 206 g/mol. The smallest absolute Gasteiger partial charge is 0.162 e. The van der Waals surface area contributed by atoms with Crippen LogP contribution in [0.1, 0.15) is 49.9 Å². The molecule has 3 nitrogen and oxygen atoms in total. The Hall–Kier alpha value is -1.12. The van der Waals surface area contributed by atoms with Crippen LogP contribution < -0.4 is 0 Å². The van der Waals surface area contributed by atoms with Crippen molar-refractivity contribution in [2.45, 2.75) is 46.1 Å². The molecule has 1 aliphatic carbocycles. The van der Waals surface area contributed by atoms with E-state index in [1.165, 1.54) is 25.7 Å². The lowest BCUT2D eigenvalue weighted by molar-refractivity contribution is 0.101. The first kappa shape index (κ1) is 10.4. The third-order valence-electron chi connectivity index (χ3n) is 3.39. The van der Waals surface area contributed by atoms with E-state index in [-0.39, 0.29) is 5.78 Å². The van der Waals surface area contributed by atoms with E-state index < -0.39 is 0 Å². The number of aromatic nitrogens is 2. The number of hydrogen-bond donors (Lipinski definition) is 0. The largest absolute Gasteiger partial charge is 0.294 e. The van der Waals surface area contributed by atoms with Gasteiger partial charge in [0, 0.05) is 12.7 Å². The Labute approximate surface area is 90.5 Å². The van der Waals surface area contributed by atoms with Crippen molar-refractivity contribution in [2.24, 2.45) is 5.41 Å². The Morgan fingerprint density at radius 1 is 1.53 bits per heavy atom. The summed E-state index contributed by atoms with van der Waals surface area (Å²) in [5.74, 6) is 0.0952. The van der Waals surface area contributed by atoms with Crippen LogP contribution >= 0.6 is 0 Å². The lowest BCUT2D eigenvalue weighted by Gasteiger charge is -2.22. The lowest BCUT2D eigenvalue weighted by Crippen LogP contribution is -2.19. The normalized spacial score (nSPS) is 19.3. The van der Waals surface area contributed by atoms with Gasteiger partial charge in [0.05, 0.1) is 11.8 Å². The molecular weight excluding hydrogens is 188 g/mol. The van der Waals surface area contributed by atoms with E-state index in [4.69, 9.17) is 0 Å². The maximum Gasteiger partial charge on any atom is 0.162 e. The van der Waals surface area contributed by atoms with Crippen LogP contribution in [0.4, 0.5) is 0 Å². The van der Waals surface area contributed by atoms with Crippen LogP contribution in [0.2, 0.25) is 0 Å². The second-order valence-electron chi connectivity index (χ2n) is 5.00. The summed E-state index contributed by atoms with van der Waals surface area (Å²) < 4.78 is 1.92. The fraction of sp³-hybridized carbons (Fsp3) is 0.667. The quantitative estimate of drug-likeness (QED) is 0.713. The first-order valence-corrected chi connectivity index (χ1v) is 5.62. The third-order valence-corrected chi connectivity index (χ3v) is 3.39. The van der Waals surface area contributed by atoms with Gasteiger partial charge < -0.3 is 0 Å². The fourth-order valence-corrected chi connectivity index (χ4v) is 2.41. The number of ketones is 1. The molecule has 1 saturated carbocycles. The summed E-state index contributed by atoms with van der Waals surface area (Å²) in [4.78, 5) is 11.1. The van der Waals surface area contributed by atoms with E-state index in [0.29, 0.717) is 5.41 Å². The van der Waals surface area contributed by atoms with E-state index in [2.05, 4.69) is 12.0 Å². The Morgan fingerprint density at radius 2 is 2.20 bits per heavy atom. The minimum atomic E-state index is 0.0952. The highest BCUT2D eigenvalue weighted by molar-refractivity contribution is 5.93. The van der Waals surface area contributed by atoms with Crippen molar-refractivity contribution >= 4 is 5.78 Å². The van der Waals surface area contributed by atoms with Gasteiger partial charge in [-0.15, -0.1) is 0 Å². The van der Waals surface area contributed by atoms with Crippen molar-refractivity contribution in [3.05, 3.63) is 18.0 Å². The van der Waals surface area contributed by atoms with Crippen molar-refractivity contribution in [3.63, 3.8) is 0 Å². The number of carbonyl (C=O) groups excluding carboxylic acids is 1. The van der Waals surface area contributed by atoms with Gasteiger partial charge in [0.1, 0.15) is 0 Å². The van der Waals surface area contributed by atoms with Gasteiger partial charge >= 0.3 is 0 Å². The summed E-state index contributed by atoms with van der Waals surface area (Å²) in [6.07, 6.45) is 8.76. The van der Waals surface area contributed by atoms with Crippen molar-refractivity contribution in [3.8, 4) is 0 Å². The molecule has 0 radical (unpaired) electrons. The standard InChI is InChI=1S/C12H18N2O/c1-10(15)11-7-13-14(8-11)9-12(2)5-3-4-6-12/h7-8H,3-6,9H2,1-2H3. The molecule has 1 aromatic rings. The van der Waals surface area contributed by atoms with E-state index in [1.54, 1.807) is 13.1 Å². The van der Waals surface area contributed by atoms with Gasteiger partial charge in [-0.05, 0) is 25.2 Å². The molecule has 15 heavy (non-hydrogen) atoms. The zero-order valence-corrected chi connectivity index (χ0v) is 9.49. The minimum Gasteiger partial charge on any atom is -0.294 e. The van der Waals surface area contributed by atoms with Crippen LogP contribution in [0.15, 0.2) is 12.4 Å². The van der Waals surface area contributed by atoms with Crippen molar-refractivity contribution in [1.82, 2.24) is 9.78 Å². The number of rotatable bonds is 3. The van der Waals surface area contributed by atoms with Crippen LogP contribution in [0.3, 0.4) is 0 Å². The molecule has 0 amide bonds. The fourth-order valence-electron chi connectivity index (χ4n) is 2.41. The molecule has 0 spiro atoms. The molecule has 1 heterocycles. The van der Waals surface area contributed by atoms with Gasteiger partial charge in [-0.3, -0.25) is 9.48 Å². The van der Waals surface area contributed by atoms with E-state index in [9.17, 15) is 4.79 Å². The van der Waals surface area contributed by atoms with Gasteiger partial charge in [-0.2, -0.15) is 5.10 Å². The molecule has 1 fully saturated rings. The van der Waals surface area contributed by atoms with E-state index >= 15 is 0 Å². The molecule has 1 aliphatic rings. The zero-order valence-electron chi connectivity index (χ0n) is 9.49. The molecule has 1 aromatic heterocycles. The maximum atomic E-state index is 11.1. The zero-order chi connectivity index (χ0) is 10.9. The first-order chi connectivity index (χ1) is 7.09. The highest BCUT2D eigenvalue weighted by Gasteiger charge is 2.29. The summed E-state index contributed by atoms with van der Waals surface area (Å²) in [5, 5.41) is 4.24. The van der Waals surface area contributed by atoms with Crippen molar-refractivity contribution in [1.29, 1.82) is 0 Å². The summed E-state index contributed by atoms with van der Waals surface area (Å²) in [7, 11) is 0. The Balaban J connectivity index is 2.07. The summed E-state index contributed by atoms with van der Waals surface area (Å²) in [6.45, 7) is 4.84. The minimum absolute atomic E-state index is 0.0952. The molecule has 2 rings (SSSR count). The molecule has 0 saturated heterocycles. The molecule has 0 unspecified atom stereocenters. The molecule has 3 heteroatoms. The van der Waals surface area contributed by atoms with Crippen LogP contribution in [0.5, 0.6) is 0 Å². The van der Waals surface area contributed by atoms with Gasteiger partial charge in [0.15, 0.2) is 5.78 Å². The van der Waals surface area contributed by atoms with Crippen LogP contribution in [-0.2, 0) is 6.54 Å². The summed E-state index contributed by atoms with van der Waals surface area (Å²) in [5.41, 5.74) is 1.11. The van der Waals surface area contributed by atoms with Gasteiger partial charge in [0.2, 0.25) is 0 Å². The molecule has 0 atom stereocenters. The van der Waals surface area contributed by atoms with Gasteiger partial charge in [-0.1, -0.05) is 19.8 Å². The van der Waals surface area contributed by atoms with Crippen LogP contribution in [-0.4, -0.2) is 15.6 Å². The average Bonchev–Trinajstić information content (AvgIpc) is 2.75. The summed E-state index contributed by atoms with van der Waals surface area (Å²) >= 11 is 0. The van der Waals surface area contributed by atoms with Gasteiger partial charge in [0.25, 0.3) is 0 Å². The number of hydrogen-bond acceptors (Lipinski definition) is 2. The van der Waals surface area contributed by atoms with Crippen LogP contribution in [0, 0.1) is 5.41 Å². The lowest BCUT2D eigenvalue weighted by atomic mass is 9.89. The molecule has 82 valence electrons. The Morgan fingerprint density at radius 3 is 2.73 bits per heavy atom. The van der Waals surface area contributed by atoms with E-state index in [1.807, 2.05) is 10.9 Å². The summed E-state index contributed by atoms with van der Waals surface area (Å²) in [6, 6.07) is 0. The number of carbonyl (C=O) groups is 1. The SMILES string of the molecule is CC(=O)c1cnn(CC2(C)CCCC2)c1. The molecule has 0 aliphatic heterocycles. The topological polar surface area (TPSA) is 34.9 Å². The molecule has 0 aromatic carbocycles. The van der Waals surface area contributed by atoms with E-state index in [0.717, 1.165) is 12.1 Å². The molecule has 0 bridgehead atoms. The average molecular weight is 206 g/mol. The van der Waals surface area contributed by atoms with Crippen LogP contribution in [0.25, 0.3) is 0 Å². The highest BCUT2D eigenvalue weighted by Crippen LogP contribution is 2.38. The number of Topliss-reactive ketones (excluding diaryl/α,β-unsaturated/α-hetero) is 1. The number of nitrogens with zero attached hydrogens (tertiary/aromatic N) is 2. The van der Waals surface area contributed by atoms with Gasteiger partial charge in [-0.25, -0.2) is 0 Å². The molecule has 0 N–H and O–H groups in total. The predicted molar refractivity (Wildman–Crippen MR) is 58.8 cm³/mol. The second kappa shape index (κ2) is 3.80.